The van der Waals surface area contributed by atoms with E-state index in [4.69, 9.17) is 4.74 Å². The quantitative estimate of drug-likeness (QED) is 0.486. The summed E-state index contributed by atoms with van der Waals surface area (Å²) in [6.07, 6.45) is 1.49. The number of likely N-dealkylation sites (N-methyl/N-ethyl adjacent to an activating group) is 1. The molecule has 0 atom stereocenters. The van der Waals surface area contributed by atoms with Gasteiger partial charge < -0.3 is 20.7 Å². The average Bonchev–Trinajstić information content (AvgIpc) is 2.78. The number of carbonyl (C=O) groups is 1. The van der Waals surface area contributed by atoms with E-state index in [9.17, 15) is 10.1 Å². The minimum Gasteiger partial charge on any atom is -0.490 e. The molecule has 1 aliphatic rings. The standard InChI is InChI=1S/C24H25N7O2/c1-16-6-7-21-20(10-16)29-24-27-13-18(12-25)23(30-24)28-19-5-3-4-17(11-19)14-31(2)15-22(32)26-8-9-33-21/h3-7,10-11,13H,8-9,14-15H2,1-2H3,(H,26,32)(H2,27,28,29,30). The summed E-state index contributed by atoms with van der Waals surface area (Å²) in [6.45, 7) is 3.54. The highest BCUT2D eigenvalue weighted by Crippen LogP contribution is 2.29. The Morgan fingerprint density at radius 2 is 2.03 bits per heavy atom. The first kappa shape index (κ1) is 22.0. The number of nitrogens with zero attached hydrogens (tertiary/aromatic N) is 4. The van der Waals surface area contributed by atoms with Crippen molar-refractivity contribution < 1.29 is 9.53 Å². The fourth-order valence-corrected chi connectivity index (χ4v) is 3.51. The number of fused-ring (bicyclic) bond motifs is 5. The van der Waals surface area contributed by atoms with Gasteiger partial charge in [0.1, 0.15) is 24.0 Å². The highest BCUT2D eigenvalue weighted by Gasteiger charge is 2.13. The molecule has 1 aromatic heterocycles. The van der Waals surface area contributed by atoms with Gasteiger partial charge in [0.2, 0.25) is 11.9 Å². The van der Waals surface area contributed by atoms with Crippen LogP contribution < -0.4 is 20.7 Å². The Labute approximate surface area is 192 Å². The number of carbonyl (C=O) groups excluding carboxylic acids is 1. The van der Waals surface area contributed by atoms with Crippen LogP contribution in [-0.4, -0.2) is 47.5 Å². The smallest absolute Gasteiger partial charge is 0.234 e. The van der Waals surface area contributed by atoms with Gasteiger partial charge >= 0.3 is 0 Å². The summed E-state index contributed by atoms with van der Waals surface area (Å²) in [5, 5.41) is 18.8. The van der Waals surface area contributed by atoms with Crippen molar-refractivity contribution in [1.29, 1.82) is 5.26 Å². The van der Waals surface area contributed by atoms with Crippen molar-refractivity contribution in [3.8, 4) is 11.8 Å². The molecule has 0 saturated carbocycles. The zero-order valence-corrected chi connectivity index (χ0v) is 18.6. The minimum atomic E-state index is -0.0687. The monoisotopic (exact) mass is 443 g/mol. The SMILES string of the molecule is Cc1ccc2c(c1)Nc1ncc(C#N)c(n1)Nc1cccc(c1)CN(C)CC(=O)NCCO2. The van der Waals surface area contributed by atoms with Crippen LogP contribution >= 0.6 is 0 Å². The van der Waals surface area contributed by atoms with Gasteiger partial charge in [-0.05, 0) is 49.4 Å². The van der Waals surface area contributed by atoms with Gasteiger partial charge in [-0.15, -0.1) is 0 Å². The number of anilines is 4. The predicted octanol–water partition coefficient (Wildman–Crippen LogP) is 3.08. The number of nitrogens with one attached hydrogen (secondary N) is 3. The third kappa shape index (κ3) is 5.75. The number of amides is 1. The zero-order chi connectivity index (χ0) is 23.2. The molecular formula is C24H25N7O2. The number of aromatic nitrogens is 2. The van der Waals surface area contributed by atoms with E-state index in [1.807, 2.05) is 61.3 Å². The lowest BCUT2D eigenvalue weighted by atomic mass is 10.2. The summed E-state index contributed by atoms with van der Waals surface area (Å²) in [4.78, 5) is 23.1. The van der Waals surface area contributed by atoms with Gasteiger partial charge in [0, 0.05) is 12.2 Å². The molecule has 0 fully saturated rings. The Morgan fingerprint density at radius 1 is 1.15 bits per heavy atom. The molecule has 3 N–H and O–H groups in total. The maximum atomic E-state index is 12.3. The highest BCUT2D eigenvalue weighted by molar-refractivity contribution is 5.78. The van der Waals surface area contributed by atoms with Crippen molar-refractivity contribution >= 4 is 29.0 Å². The van der Waals surface area contributed by atoms with E-state index in [2.05, 4.69) is 32.0 Å². The van der Waals surface area contributed by atoms with Gasteiger partial charge in [-0.1, -0.05) is 18.2 Å². The Balaban J connectivity index is 1.71. The molecule has 2 aromatic carbocycles. The molecule has 4 rings (SSSR count). The second-order valence-corrected chi connectivity index (χ2v) is 7.89. The van der Waals surface area contributed by atoms with E-state index < -0.39 is 0 Å². The van der Waals surface area contributed by atoms with Crippen LogP contribution in [0.15, 0.2) is 48.7 Å². The summed E-state index contributed by atoms with van der Waals surface area (Å²) in [6, 6.07) is 15.7. The number of rotatable bonds is 0. The second-order valence-electron chi connectivity index (χ2n) is 7.89. The van der Waals surface area contributed by atoms with Crippen LogP contribution in [0.2, 0.25) is 0 Å². The molecule has 2 heterocycles. The van der Waals surface area contributed by atoms with Crippen LogP contribution in [-0.2, 0) is 11.3 Å². The van der Waals surface area contributed by atoms with Crippen LogP contribution in [0.4, 0.5) is 23.1 Å². The zero-order valence-electron chi connectivity index (χ0n) is 18.6. The van der Waals surface area contributed by atoms with Crippen LogP contribution in [0.1, 0.15) is 16.7 Å². The molecule has 168 valence electrons. The topological polar surface area (TPSA) is 115 Å². The van der Waals surface area contributed by atoms with Crippen LogP contribution in [0.3, 0.4) is 0 Å². The van der Waals surface area contributed by atoms with Gasteiger partial charge in [-0.2, -0.15) is 10.2 Å². The molecule has 1 amide bonds. The number of benzene rings is 2. The average molecular weight is 444 g/mol. The molecular weight excluding hydrogens is 418 g/mol. The van der Waals surface area contributed by atoms with Gasteiger partial charge in [0.15, 0.2) is 5.82 Å². The van der Waals surface area contributed by atoms with Gasteiger partial charge in [0.05, 0.1) is 25.0 Å². The van der Waals surface area contributed by atoms with Crippen molar-refractivity contribution in [3.63, 3.8) is 0 Å². The molecule has 33 heavy (non-hydrogen) atoms. The molecule has 0 unspecified atom stereocenters. The lowest BCUT2D eigenvalue weighted by Crippen LogP contribution is -2.36. The number of hydrogen-bond donors (Lipinski definition) is 3. The normalized spacial score (nSPS) is 14.8. The van der Waals surface area contributed by atoms with Crippen molar-refractivity contribution in [2.24, 2.45) is 0 Å². The van der Waals surface area contributed by atoms with Gasteiger partial charge in [-0.25, -0.2) is 4.98 Å². The summed E-state index contributed by atoms with van der Waals surface area (Å²) < 4.78 is 5.90. The van der Waals surface area contributed by atoms with E-state index in [0.717, 1.165) is 16.8 Å². The van der Waals surface area contributed by atoms with Crippen molar-refractivity contribution in [2.45, 2.75) is 13.5 Å². The minimum absolute atomic E-state index is 0.0687. The molecule has 9 nitrogen and oxygen atoms in total. The summed E-state index contributed by atoms with van der Waals surface area (Å²) >= 11 is 0. The van der Waals surface area contributed by atoms with E-state index in [1.54, 1.807) is 0 Å². The first-order valence-electron chi connectivity index (χ1n) is 10.6. The van der Waals surface area contributed by atoms with Crippen molar-refractivity contribution in [1.82, 2.24) is 20.2 Å². The van der Waals surface area contributed by atoms with E-state index in [1.165, 1.54) is 6.20 Å². The number of nitriles is 1. The molecule has 0 spiro atoms. The van der Waals surface area contributed by atoms with Crippen LogP contribution in [0.25, 0.3) is 0 Å². The van der Waals surface area contributed by atoms with Crippen molar-refractivity contribution in [2.75, 3.05) is 37.4 Å². The highest BCUT2D eigenvalue weighted by atomic mass is 16.5. The lowest BCUT2D eigenvalue weighted by Gasteiger charge is -2.18. The van der Waals surface area contributed by atoms with Crippen LogP contribution in [0, 0.1) is 18.3 Å². The Bertz CT molecular complexity index is 1210. The first-order valence-corrected chi connectivity index (χ1v) is 10.6. The maximum Gasteiger partial charge on any atom is 0.234 e. The largest absolute Gasteiger partial charge is 0.490 e. The first-order chi connectivity index (χ1) is 16.0. The maximum absolute atomic E-state index is 12.3. The number of hydrogen-bond acceptors (Lipinski definition) is 8. The number of ether oxygens (including phenoxy) is 1. The molecule has 9 heteroatoms. The molecule has 4 bridgehead atoms. The Morgan fingerprint density at radius 3 is 2.88 bits per heavy atom. The van der Waals surface area contributed by atoms with Crippen LogP contribution in [0.5, 0.6) is 5.75 Å². The lowest BCUT2D eigenvalue weighted by molar-refractivity contribution is -0.122. The Hall–Kier alpha value is -4.16. The summed E-state index contributed by atoms with van der Waals surface area (Å²) in [7, 11) is 1.89. The third-order valence-corrected chi connectivity index (χ3v) is 5.03. The molecule has 3 aromatic rings. The fourth-order valence-electron chi connectivity index (χ4n) is 3.51. The predicted molar refractivity (Wildman–Crippen MR) is 126 cm³/mol. The molecule has 0 radical (unpaired) electrons. The van der Waals surface area contributed by atoms with E-state index >= 15 is 0 Å². The second kappa shape index (κ2) is 9.97. The third-order valence-electron chi connectivity index (χ3n) is 5.03. The summed E-state index contributed by atoms with van der Waals surface area (Å²) in [5.74, 6) is 1.28. The fraction of sp³-hybridized carbons (Fsp3) is 0.250. The molecule has 0 aliphatic carbocycles. The van der Waals surface area contributed by atoms with E-state index in [0.29, 0.717) is 48.5 Å². The molecule has 1 aliphatic heterocycles. The van der Waals surface area contributed by atoms with E-state index in [-0.39, 0.29) is 12.5 Å². The Kier molecular flexibility index (Phi) is 6.66. The van der Waals surface area contributed by atoms with Gasteiger partial charge in [0.25, 0.3) is 0 Å². The summed E-state index contributed by atoms with van der Waals surface area (Å²) in [5.41, 5.74) is 3.86. The molecule has 0 saturated heterocycles. The van der Waals surface area contributed by atoms with Gasteiger partial charge in [-0.3, -0.25) is 9.69 Å². The van der Waals surface area contributed by atoms with Crippen molar-refractivity contribution in [3.05, 3.63) is 65.4 Å². The number of aryl methyl sites for hydroxylation is 1.